The number of nitrogens with zero attached hydrogens (tertiary/aromatic N) is 2. The zero-order valence-electron chi connectivity index (χ0n) is 12.1. The standard InChI is InChI=1S/C17H11F3N2O/c1-22-14-7-6-12(18)8-13(14)15(17(19,20)16(22)23)11-4-2-10(9-21)3-5-11/h2-8,15H,1H3. The molecular weight excluding hydrogens is 305 g/mol. The zero-order valence-corrected chi connectivity index (χ0v) is 12.1. The molecule has 0 radical (unpaired) electrons. The van der Waals surface area contributed by atoms with E-state index >= 15 is 0 Å². The predicted octanol–water partition coefficient (Wildman–Crippen LogP) is 3.44. The molecule has 3 nitrogen and oxygen atoms in total. The number of fused-ring (bicyclic) bond motifs is 1. The second-order valence-electron chi connectivity index (χ2n) is 5.36. The highest BCUT2D eigenvalue weighted by atomic mass is 19.3. The van der Waals surface area contributed by atoms with Crippen LogP contribution in [0.2, 0.25) is 0 Å². The number of carbonyl (C=O) groups excluding carboxylic acids is 1. The van der Waals surface area contributed by atoms with Crippen molar-refractivity contribution in [2.45, 2.75) is 11.8 Å². The van der Waals surface area contributed by atoms with Crippen LogP contribution in [0, 0.1) is 17.1 Å². The van der Waals surface area contributed by atoms with Gasteiger partial charge in [0.25, 0.3) is 5.91 Å². The molecule has 1 heterocycles. The zero-order chi connectivity index (χ0) is 16.8. The third-order valence-electron chi connectivity index (χ3n) is 3.99. The number of anilines is 1. The second kappa shape index (κ2) is 5.13. The van der Waals surface area contributed by atoms with Gasteiger partial charge in [0.1, 0.15) is 5.82 Å². The van der Waals surface area contributed by atoms with E-state index in [0.29, 0.717) is 5.56 Å². The molecule has 1 atom stereocenters. The molecule has 1 amide bonds. The molecule has 0 spiro atoms. The number of benzene rings is 2. The van der Waals surface area contributed by atoms with E-state index in [1.165, 1.54) is 37.4 Å². The van der Waals surface area contributed by atoms with E-state index in [0.717, 1.165) is 17.0 Å². The quantitative estimate of drug-likeness (QED) is 0.809. The SMILES string of the molecule is CN1C(=O)C(F)(F)C(c2ccc(C#N)cc2)c2cc(F)ccc21. The van der Waals surface area contributed by atoms with Crippen LogP contribution in [0.5, 0.6) is 0 Å². The highest BCUT2D eigenvalue weighted by Crippen LogP contribution is 2.48. The van der Waals surface area contributed by atoms with Gasteiger partial charge in [-0.15, -0.1) is 0 Å². The van der Waals surface area contributed by atoms with Gasteiger partial charge in [-0.25, -0.2) is 4.39 Å². The number of nitriles is 1. The molecule has 0 bridgehead atoms. The number of carbonyl (C=O) groups is 1. The molecule has 6 heteroatoms. The Balaban J connectivity index is 2.24. The lowest BCUT2D eigenvalue weighted by molar-refractivity contribution is -0.145. The highest BCUT2D eigenvalue weighted by Gasteiger charge is 2.54. The Morgan fingerprint density at radius 3 is 2.43 bits per heavy atom. The first-order valence-corrected chi connectivity index (χ1v) is 6.81. The van der Waals surface area contributed by atoms with Gasteiger partial charge >= 0.3 is 5.92 Å². The van der Waals surface area contributed by atoms with Crippen LogP contribution in [0.25, 0.3) is 0 Å². The molecule has 116 valence electrons. The van der Waals surface area contributed by atoms with Gasteiger partial charge in [-0.05, 0) is 41.5 Å². The predicted molar refractivity (Wildman–Crippen MR) is 77.8 cm³/mol. The highest BCUT2D eigenvalue weighted by molar-refractivity contribution is 6.02. The van der Waals surface area contributed by atoms with E-state index in [-0.39, 0.29) is 16.8 Å². The van der Waals surface area contributed by atoms with Crippen molar-refractivity contribution in [3.05, 3.63) is 65.0 Å². The normalized spacial score (nSPS) is 19.2. The average Bonchev–Trinajstić information content (AvgIpc) is 2.53. The lowest BCUT2D eigenvalue weighted by Gasteiger charge is -2.37. The Kier molecular flexibility index (Phi) is 3.37. The van der Waals surface area contributed by atoms with Crippen LogP contribution in [-0.2, 0) is 4.79 Å². The largest absolute Gasteiger partial charge is 0.335 e. The summed E-state index contributed by atoms with van der Waals surface area (Å²) in [7, 11) is 1.24. The second-order valence-corrected chi connectivity index (χ2v) is 5.36. The van der Waals surface area contributed by atoms with Gasteiger partial charge in [0.2, 0.25) is 0 Å². The summed E-state index contributed by atoms with van der Waals surface area (Å²) in [6.45, 7) is 0. The number of amides is 1. The summed E-state index contributed by atoms with van der Waals surface area (Å²) in [5.41, 5.74) is 0.761. The summed E-state index contributed by atoms with van der Waals surface area (Å²) in [6.07, 6.45) is 0. The first kappa shape index (κ1) is 15.1. The molecule has 0 fully saturated rings. The third kappa shape index (κ3) is 2.25. The molecule has 1 aliphatic rings. The maximum Gasteiger partial charge on any atom is 0.335 e. The van der Waals surface area contributed by atoms with Gasteiger partial charge < -0.3 is 4.90 Å². The van der Waals surface area contributed by atoms with Crippen LogP contribution >= 0.6 is 0 Å². The molecule has 2 aromatic carbocycles. The van der Waals surface area contributed by atoms with E-state index in [1.54, 1.807) is 0 Å². The van der Waals surface area contributed by atoms with Crippen molar-refractivity contribution in [1.29, 1.82) is 5.26 Å². The molecule has 2 aromatic rings. The molecule has 0 saturated heterocycles. The molecule has 1 aliphatic heterocycles. The lowest BCUT2D eigenvalue weighted by atomic mass is 9.81. The maximum atomic E-state index is 14.6. The Labute approximate surface area is 130 Å². The first-order valence-electron chi connectivity index (χ1n) is 6.81. The third-order valence-corrected chi connectivity index (χ3v) is 3.99. The van der Waals surface area contributed by atoms with Crippen LogP contribution < -0.4 is 4.90 Å². The van der Waals surface area contributed by atoms with Crippen molar-refractivity contribution in [2.24, 2.45) is 0 Å². The molecule has 23 heavy (non-hydrogen) atoms. The minimum atomic E-state index is -3.70. The topological polar surface area (TPSA) is 44.1 Å². The average molecular weight is 316 g/mol. The number of halogens is 3. The summed E-state index contributed by atoms with van der Waals surface area (Å²) in [5.74, 6) is -7.29. The van der Waals surface area contributed by atoms with Crippen LogP contribution in [-0.4, -0.2) is 18.9 Å². The Morgan fingerprint density at radius 1 is 1.17 bits per heavy atom. The maximum absolute atomic E-state index is 14.6. The van der Waals surface area contributed by atoms with Crippen molar-refractivity contribution in [3.8, 4) is 6.07 Å². The molecule has 3 rings (SSSR count). The fraction of sp³-hybridized carbons (Fsp3) is 0.176. The number of hydrogen-bond acceptors (Lipinski definition) is 2. The van der Waals surface area contributed by atoms with E-state index in [4.69, 9.17) is 5.26 Å². The van der Waals surface area contributed by atoms with Gasteiger partial charge in [-0.1, -0.05) is 12.1 Å². The van der Waals surface area contributed by atoms with Crippen molar-refractivity contribution in [1.82, 2.24) is 0 Å². The summed E-state index contributed by atoms with van der Waals surface area (Å²) in [6, 6.07) is 10.9. The van der Waals surface area contributed by atoms with Gasteiger partial charge in [-0.3, -0.25) is 4.79 Å². The number of hydrogen-bond donors (Lipinski definition) is 0. The van der Waals surface area contributed by atoms with Gasteiger partial charge in [0, 0.05) is 12.7 Å². The summed E-state index contributed by atoms with van der Waals surface area (Å²) in [4.78, 5) is 12.9. The minimum Gasteiger partial charge on any atom is -0.310 e. The monoisotopic (exact) mass is 316 g/mol. The fourth-order valence-electron chi connectivity index (χ4n) is 2.85. The van der Waals surface area contributed by atoms with E-state index in [1.807, 2.05) is 6.07 Å². The Bertz CT molecular complexity index is 825. The van der Waals surface area contributed by atoms with Crippen LogP contribution in [0.15, 0.2) is 42.5 Å². The molecule has 0 saturated carbocycles. The molecule has 0 aliphatic carbocycles. The smallest absolute Gasteiger partial charge is 0.310 e. The fourth-order valence-corrected chi connectivity index (χ4v) is 2.85. The van der Waals surface area contributed by atoms with Crippen molar-refractivity contribution in [2.75, 3.05) is 11.9 Å². The van der Waals surface area contributed by atoms with Gasteiger partial charge in [0.15, 0.2) is 0 Å². The Morgan fingerprint density at radius 2 is 1.83 bits per heavy atom. The molecule has 1 unspecified atom stereocenters. The van der Waals surface area contributed by atoms with E-state index < -0.39 is 23.6 Å². The minimum absolute atomic E-state index is 0.0433. The summed E-state index contributed by atoms with van der Waals surface area (Å²) < 4.78 is 42.8. The summed E-state index contributed by atoms with van der Waals surface area (Å²) in [5, 5.41) is 8.80. The van der Waals surface area contributed by atoms with Crippen molar-refractivity contribution in [3.63, 3.8) is 0 Å². The first-order chi connectivity index (χ1) is 10.9. The summed E-state index contributed by atoms with van der Waals surface area (Å²) >= 11 is 0. The van der Waals surface area contributed by atoms with Crippen LogP contribution in [0.1, 0.15) is 22.6 Å². The molecular formula is C17H11F3N2O. The number of alkyl halides is 2. The molecule has 0 N–H and O–H groups in total. The Hall–Kier alpha value is -2.81. The van der Waals surface area contributed by atoms with Crippen LogP contribution in [0.3, 0.4) is 0 Å². The molecule has 0 aromatic heterocycles. The number of rotatable bonds is 1. The van der Waals surface area contributed by atoms with Gasteiger partial charge in [-0.2, -0.15) is 14.0 Å². The van der Waals surface area contributed by atoms with E-state index in [2.05, 4.69) is 0 Å². The van der Waals surface area contributed by atoms with E-state index in [9.17, 15) is 18.0 Å². The van der Waals surface area contributed by atoms with Crippen molar-refractivity contribution >= 4 is 11.6 Å². The van der Waals surface area contributed by atoms with Gasteiger partial charge in [0.05, 0.1) is 17.6 Å². The van der Waals surface area contributed by atoms with Crippen LogP contribution in [0.4, 0.5) is 18.9 Å². The lowest BCUT2D eigenvalue weighted by Crippen LogP contribution is -2.50. The van der Waals surface area contributed by atoms with Crippen molar-refractivity contribution < 1.29 is 18.0 Å².